The Morgan fingerprint density at radius 3 is 3.07 bits per heavy atom. The number of methoxy groups -OCH3 is 1. The molecule has 1 aromatic heterocycles. The number of ether oxygens (including phenoxy) is 1. The average molecular weight is 192 g/mol. The SMILES string of the molecule is C#CCn1cncc(C(=O)OC)c1=O. The molecule has 1 aromatic rings. The van der Waals surface area contributed by atoms with E-state index in [1.54, 1.807) is 0 Å². The van der Waals surface area contributed by atoms with E-state index >= 15 is 0 Å². The van der Waals surface area contributed by atoms with Gasteiger partial charge in [-0.2, -0.15) is 0 Å². The molecule has 1 rings (SSSR count). The summed E-state index contributed by atoms with van der Waals surface area (Å²) < 4.78 is 5.57. The van der Waals surface area contributed by atoms with Gasteiger partial charge in [0.1, 0.15) is 5.56 Å². The number of carbonyl (C=O) groups is 1. The molecule has 0 atom stereocenters. The second-order valence-electron chi connectivity index (χ2n) is 2.44. The van der Waals surface area contributed by atoms with Gasteiger partial charge in [0.15, 0.2) is 0 Å². The van der Waals surface area contributed by atoms with Gasteiger partial charge < -0.3 is 4.74 Å². The minimum absolute atomic E-state index is 0.0800. The number of aromatic nitrogens is 2. The maximum absolute atomic E-state index is 11.5. The first-order valence-corrected chi connectivity index (χ1v) is 3.77. The molecule has 0 bridgehead atoms. The molecule has 72 valence electrons. The molecule has 0 unspecified atom stereocenters. The third-order valence-electron chi connectivity index (χ3n) is 1.57. The second-order valence-corrected chi connectivity index (χ2v) is 2.44. The topological polar surface area (TPSA) is 61.2 Å². The van der Waals surface area contributed by atoms with E-state index in [2.05, 4.69) is 15.6 Å². The molecule has 1 heterocycles. The van der Waals surface area contributed by atoms with Crippen LogP contribution in [0.25, 0.3) is 0 Å². The van der Waals surface area contributed by atoms with Gasteiger partial charge in [-0.25, -0.2) is 9.78 Å². The van der Waals surface area contributed by atoms with Crippen LogP contribution in [0.2, 0.25) is 0 Å². The van der Waals surface area contributed by atoms with Crippen molar-refractivity contribution in [1.82, 2.24) is 9.55 Å². The molecule has 0 N–H and O–H groups in total. The Bertz CT molecular complexity index is 442. The summed E-state index contributed by atoms with van der Waals surface area (Å²) in [6.45, 7) is 0.0800. The van der Waals surface area contributed by atoms with Crippen LogP contribution in [0.3, 0.4) is 0 Å². The summed E-state index contributed by atoms with van der Waals surface area (Å²) in [5.41, 5.74) is -0.616. The van der Waals surface area contributed by atoms with Crippen molar-refractivity contribution in [2.24, 2.45) is 0 Å². The van der Waals surface area contributed by atoms with E-state index < -0.39 is 11.5 Å². The van der Waals surface area contributed by atoms with Crippen LogP contribution in [0, 0.1) is 12.3 Å². The number of terminal acetylenes is 1. The fourth-order valence-electron chi connectivity index (χ4n) is 0.912. The van der Waals surface area contributed by atoms with Gasteiger partial charge in [0.2, 0.25) is 0 Å². The molecule has 0 aliphatic carbocycles. The van der Waals surface area contributed by atoms with Crippen LogP contribution in [0.1, 0.15) is 10.4 Å². The summed E-state index contributed by atoms with van der Waals surface area (Å²) in [5.74, 6) is 1.57. The fraction of sp³-hybridized carbons (Fsp3) is 0.222. The number of rotatable bonds is 2. The van der Waals surface area contributed by atoms with Gasteiger partial charge in [-0.15, -0.1) is 6.42 Å². The van der Waals surface area contributed by atoms with Gasteiger partial charge in [-0.3, -0.25) is 9.36 Å². The van der Waals surface area contributed by atoms with Gasteiger partial charge in [0.25, 0.3) is 5.56 Å². The first kappa shape index (κ1) is 9.99. The Hall–Kier alpha value is -2.09. The van der Waals surface area contributed by atoms with E-state index in [1.807, 2.05) is 0 Å². The van der Waals surface area contributed by atoms with Crippen molar-refractivity contribution in [3.63, 3.8) is 0 Å². The summed E-state index contributed by atoms with van der Waals surface area (Å²) in [5, 5.41) is 0. The first-order valence-electron chi connectivity index (χ1n) is 3.77. The fourth-order valence-corrected chi connectivity index (χ4v) is 0.912. The number of esters is 1. The highest BCUT2D eigenvalue weighted by Gasteiger charge is 2.12. The summed E-state index contributed by atoms with van der Waals surface area (Å²) in [6.07, 6.45) is 7.46. The third kappa shape index (κ3) is 1.80. The minimum atomic E-state index is -0.714. The number of hydrogen-bond donors (Lipinski definition) is 0. The Balaban J connectivity index is 3.22. The third-order valence-corrected chi connectivity index (χ3v) is 1.57. The molecule has 0 aromatic carbocycles. The molecular formula is C9H8N2O3. The zero-order valence-corrected chi connectivity index (χ0v) is 7.56. The van der Waals surface area contributed by atoms with E-state index in [4.69, 9.17) is 6.42 Å². The molecule has 0 aliphatic rings. The standard InChI is InChI=1S/C9H8N2O3/c1-3-4-11-6-10-5-7(8(11)12)9(13)14-2/h1,5-6H,4H2,2H3. The van der Waals surface area contributed by atoms with E-state index in [0.717, 1.165) is 10.8 Å². The summed E-state index contributed by atoms with van der Waals surface area (Å²) in [4.78, 5) is 26.2. The molecular weight excluding hydrogens is 184 g/mol. The lowest BCUT2D eigenvalue weighted by Crippen LogP contribution is -2.26. The summed E-state index contributed by atoms with van der Waals surface area (Å²) in [7, 11) is 1.19. The normalized spacial score (nSPS) is 9.14. The molecule has 5 heteroatoms. The Morgan fingerprint density at radius 1 is 1.79 bits per heavy atom. The van der Waals surface area contributed by atoms with Crippen LogP contribution in [0.4, 0.5) is 0 Å². The number of hydrogen-bond acceptors (Lipinski definition) is 4. The second kappa shape index (κ2) is 4.23. The molecule has 14 heavy (non-hydrogen) atoms. The monoisotopic (exact) mass is 192 g/mol. The predicted molar refractivity (Wildman–Crippen MR) is 48.7 cm³/mol. The average Bonchev–Trinajstić information content (AvgIpc) is 2.20. The van der Waals surface area contributed by atoms with Gasteiger partial charge in [0, 0.05) is 6.20 Å². The highest BCUT2D eigenvalue weighted by molar-refractivity contribution is 5.88. The Labute approximate surface area is 80.3 Å². The molecule has 0 spiro atoms. The minimum Gasteiger partial charge on any atom is -0.465 e. The van der Waals surface area contributed by atoms with E-state index in [1.165, 1.54) is 13.4 Å². The van der Waals surface area contributed by atoms with Crippen LogP contribution in [-0.4, -0.2) is 22.6 Å². The molecule has 0 aliphatic heterocycles. The molecule has 5 nitrogen and oxygen atoms in total. The van der Waals surface area contributed by atoms with E-state index in [9.17, 15) is 9.59 Å². The van der Waals surface area contributed by atoms with Crippen LogP contribution in [0.15, 0.2) is 17.3 Å². The predicted octanol–water partition coefficient (Wildman–Crippen LogP) is -0.337. The lowest BCUT2D eigenvalue weighted by atomic mass is 10.3. The van der Waals surface area contributed by atoms with Crippen molar-refractivity contribution in [3.05, 3.63) is 28.4 Å². The molecule has 0 radical (unpaired) electrons. The quantitative estimate of drug-likeness (QED) is 0.475. The van der Waals surface area contributed by atoms with Gasteiger partial charge in [-0.05, 0) is 0 Å². The lowest BCUT2D eigenvalue weighted by molar-refractivity contribution is 0.0597. The zero-order valence-electron chi connectivity index (χ0n) is 7.56. The van der Waals surface area contributed by atoms with Crippen molar-refractivity contribution in [3.8, 4) is 12.3 Å². The van der Waals surface area contributed by atoms with Gasteiger partial charge in [-0.1, -0.05) is 5.92 Å². The highest BCUT2D eigenvalue weighted by Crippen LogP contribution is 1.91. The molecule has 0 saturated carbocycles. The van der Waals surface area contributed by atoms with Crippen LogP contribution < -0.4 is 5.56 Å². The first-order chi connectivity index (χ1) is 6.70. The largest absolute Gasteiger partial charge is 0.465 e. The van der Waals surface area contributed by atoms with E-state index in [-0.39, 0.29) is 12.1 Å². The Morgan fingerprint density at radius 2 is 2.50 bits per heavy atom. The van der Waals surface area contributed by atoms with Gasteiger partial charge in [0.05, 0.1) is 20.0 Å². The Kier molecular flexibility index (Phi) is 3.02. The van der Waals surface area contributed by atoms with Crippen LogP contribution in [0.5, 0.6) is 0 Å². The highest BCUT2D eigenvalue weighted by atomic mass is 16.5. The maximum atomic E-state index is 11.5. The number of carbonyl (C=O) groups excluding carboxylic acids is 1. The molecule has 0 amide bonds. The van der Waals surface area contributed by atoms with Crippen LogP contribution in [-0.2, 0) is 11.3 Å². The molecule has 0 fully saturated rings. The maximum Gasteiger partial charge on any atom is 0.345 e. The van der Waals surface area contributed by atoms with Crippen molar-refractivity contribution >= 4 is 5.97 Å². The lowest BCUT2D eigenvalue weighted by Gasteiger charge is -2.01. The van der Waals surface area contributed by atoms with Crippen molar-refractivity contribution in [1.29, 1.82) is 0 Å². The van der Waals surface area contributed by atoms with Crippen molar-refractivity contribution < 1.29 is 9.53 Å². The van der Waals surface area contributed by atoms with Crippen LogP contribution >= 0.6 is 0 Å². The van der Waals surface area contributed by atoms with Gasteiger partial charge >= 0.3 is 5.97 Å². The van der Waals surface area contributed by atoms with Crippen molar-refractivity contribution in [2.45, 2.75) is 6.54 Å². The zero-order chi connectivity index (χ0) is 10.6. The van der Waals surface area contributed by atoms with E-state index in [0.29, 0.717) is 0 Å². The summed E-state index contributed by atoms with van der Waals surface area (Å²) >= 11 is 0. The molecule has 0 saturated heterocycles. The smallest absolute Gasteiger partial charge is 0.345 e. The summed E-state index contributed by atoms with van der Waals surface area (Å²) in [6, 6.07) is 0. The number of nitrogens with zero attached hydrogens (tertiary/aromatic N) is 2. The van der Waals surface area contributed by atoms with Crippen molar-refractivity contribution in [2.75, 3.05) is 7.11 Å².